The first-order chi connectivity index (χ1) is 19.8. The third-order valence-electron chi connectivity index (χ3n) is 6.84. The largest absolute Gasteiger partial charge is 0.326 e. The molecule has 1 saturated heterocycles. The van der Waals surface area contributed by atoms with Crippen molar-refractivity contribution in [2.24, 2.45) is 0 Å². The molecule has 0 amide bonds. The first kappa shape index (κ1) is 33.9. The average Bonchev–Trinajstić information content (AvgIpc) is 3.27. The average molecular weight is 617 g/mol. The maximum absolute atomic E-state index is 14.9. The number of nitrogens with zero attached hydrogens (tertiary/aromatic N) is 7. The zero-order valence-electron chi connectivity index (χ0n) is 24.9. The van der Waals surface area contributed by atoms with Gasteiger partial charge in [0.25, 0.3) is 0 Å². The molecule has 0 unspecified atom stereocenters. The Morgan fingerprint density at radius 2 is 1.60 bits per heavy atom. The normalized spacial score (nSPS) is 14.3. The van der Waals surface area contributed by atoms with Crippen LogP contribution in [-0.2, 0) is 16.4 Å². The van der Waals surface area contributed by atoms with Crippen LogP contribution in [-0.4, -0.2) is 88.0 Å². The molecule has 1 N–H and O–H groups in total. The number of anilines is 2. The molecule has 0 saturated carbocycles. The fourth-order valence-corrected chi connectivity index (χ4v) is 4.92. The summed E-state index contributed by atoms with van der Waals surface area (Å²) in [6.45, 7) is 14.2. The molecule has 0 aliphatic carbocycles. The molecule has 3 aromatic heterocycles. The van der Waals surface area contributed by atoms with Crippen LogP contribution in [0.15, 0.2) is 36.7 Å². The summed E-state index contributed by atoms with van der Waals surface area (Å²) in [6.07, 6.45) is 5.24. The molecule has 13 heteroatoms. The van der Waals surface area contributed by atoms with Crippen molar-refractivity contribution in [1.82, 2.24) is 34.3 Å². The summed E-state index contributed by atoms with van der Waals surface area (Å²) < 4.78 is 50.9. The Balaban J connectivity index is 0.000000781. The quantitative estimate of drug-likeness (QED) is 0.298. The number of imidazole rings is 1. The van der Waals surface area contributed by atoms with Crippen LogP contribution in [0.25, 0.3) is 22.3 Å². The van der Waals surface area contributed by atoms with Gasteiger partial charge in [0.15, 0.2) is 11.6 Å². The Morgan fingerprint density at radius 1 is 0.953 bits per heavy atom. The van der Waals surface area contributed by atoms with E-state index in [4.69, 9.17) is 0 Å². The number of hydrogen-bond acceptors (Lipinski definition) is 9. The highest BCUT2D eigenvalue weighted by molar-refractivity contribution is 7.89. The molecule has 4 aromatic rings. The van der Waals surface area contributed by atoms with Crippen LogP contribution in [0.2, 0.25) is 0 Å². The molecule has 5 rings (SSSR count). The van der Waals surface area contributed by atoms with Gasteiger partial charge in [0.05, 0.1) is 11.7 Å². The number of fused-ring (bicyclic) bond motifs is 1. The van der Waals surface area contributed by atoms with Crippen LogP contribution in [0.1, 0.15) is 45.6 Å². The summed E-state index contributed by atoms with van der Waals surface area (Å²) >= 11 is 0. The van der Waals surface area contributed by atoms with Crippen molar-refractivity contribution >= 4 is 32.6 Å². The number of nitrogens with one attached hydrogen (secondary N) is 1. The molecule has 0 radical (unpaired) electrons. The van der Waals surface area contributed by atoms with Crippen molar-refractivity contribution in [1.29, 1.82) is 0 Å². The molecule has 0 atom stereocenters. The number of likely N-dealkylation sites (N-methyl/N-ethyl adjacent to an activating group) is 1. The van der Waals surface area contributed by atoms with E-state index >= 15 is 0 Å². The summed E-state index contributed by atoms with van der Waals surface area (Å²) in [5, 5.41) is 3.04. The van der Waals surface area contributed by atoms with Gasteiger partial charge in [0, 0.05) is 63.0 Å². The van der Waals surface area contributed by atoms with E-state index in [0.717, 1.165) is 63.5 Å². The highest BCUT2D eigenvalue weighted by Crippen LogP contribution is 2.30. The molecule has 0 bridgehead atoms. The monoisotopic (exact) mass is 616 g/mol. The van der Waals surface area contributed by atoms with Gasteiger partial charge in [-0.05, 0) is 51.1 Å². The number of aromatic nitrogens is 5. The Hall–Kier alpha value is -3.55. The first-order valence-corrected chi connectivity index (χ1v) is 16.1. The van der Waals surface area contributed by atoms with Crippen LogP contribution in [0.4, 0.5) is 20.5 Å². The summed E-state index contributed by atoms with van der Waals surface area (Å²) in [6, 6.07) is 6.94. The second-order valence-electron chi connectivity index (χ2n) is 10.9. The Labute approximate surface area is 253 Å². The third kappa shape index (κ3) is 8.97. The van der Waals surface area contributed by atoms with Crippen LogP contribution in [0.3, 0.4) is 0 Å². The number of hydrogen-bond donors (Lipinski definition) is 1. The fourth-order valence-electron chi connectivity index (χ4n) is 4.92. The van der Waals surface area contributed by atoms with Crippen molar-refractivity contribution in [3.63, 3.8) is 0 Å². The number of aryl methyl sites for hydroxylation is 1. The Kier molecular flexibility index (Phi) is 11.3. The van der Waals surface area contributed by atoms with Crippen molar-refractivity contribution in [3.05, 3.63) is 59.7 Å². The molecule has 234 valence electrons. The minimum atomic E-state index is -2.67. The number of halogens is 2. The van der Waals surface area contributed by atoms with Crippen LogP contribution in [0.5, 0.6) is 0 Å². The summed E-state index contributed by atoms with van der Waals surface area (Å²) in [5.74, 6) is 0.275. The lowest BCUT2D eigenvalue weighted by Crippen LogP contribution is -2.45. The standard InChI is InChI=1S/C27H32F2N8.C2H6O2S.CH4/c1-5-35-8-10-36(11-9-35)16-19-6-7-24(30-14-19)33-27-31-15-22(29)25(34-27)20-12-21(28)26-23(13-20)37(17(2)3)18(4)32-26;1-5(2,3)4;/h6-7,12-15,17H,5,8-11,16H2,1-4H3,(H,30,31,33,34);1-2H3;1H4. The summed E-state index contributed by atoms with van der Waals surface area (Å²) in [5.41, 5.74) is 2.32. The van der Waals surface area contributed by atoms with Crippen molar-refractivity contribution < 1.29 is 17.2 Å². The van der Waals surface area contributed by atoms with Gasteiger partial charge in [-0.3, -0.25) is 4.90 Å². The zero-order valence-corrected chi connectivity index (χ0v) is 25.7. The Bertz CT molecular complexity index is 1630. The number of sulfone groups is 1. The van der Waals surface area contributed by atoms with Crippen LogP contribution < -0.4 is 5.32 Å². The minimum absolute atomic E-state index is 0. The lowest BCUT2D eigenvalue weighted by molar-refractivity contribution is 0.132. The van der Waals surface area contributed by atoms with Crippen LogP contribution >= 0.6 is 0 Å². The number of rotatable bonds is 7. The van der Waals surface area contributed by atoms with Crippen molar-refractivity contribution in [2.45, 2.75) is 47.7 Å². The minimum Gasteiger partial charge on any atom is -0.326 e. The first-order valence-electron chi connectivity index (χ1n) is 13.8. The fraction of sp³-hybridized carbons (Fsp3) is 0.467. The van der Waals surface area contributed by atoms with E-state index in [9.17, 15) is 17.2 Å². The second kappa shape index (κ2) is 14.3. The molecule has 43 heavy (non-hydrogen) atoms. The lowest BCUT2D eigenvalue weighted by Gasteiger charge is -2.33. The number of benzene rings is 1. The number of piperazine rings is 1. The van der Waals surface area contributed by atoms with Gasteiger partial charge in [-0.2, -0.15) is 0 Å². The van der Waals surface area contributed by atoms with E-state index in [-0.39, 0.29) is 30.6 Å². The highest BCUT2D eigenvalue weighted by Gasteiger charge is 2.19. The van der Waals surface area contributed by atoms with E-state index in [1.165, 1.54) is 6.07 Å². The molecule has 1 fully saturated rings. The van der Waals surface area contributed by atoms with Gasteiger partial charge >= 0.3 is 0 Å². The predicted octanol–water partition coefficient (Wildman–Crippen LogP) is 5.23. The maximum atomic E-state index is 14.9. The lowest BCUT2D eigenvalue weighted by atomic mass is 10.1. The van der Waals surface area contributed by atoms with Gasteiger partial charge in [0.1, 0.15) is 32.7 Å². The zero-order chi connectivity index (χ0) is 30.6. The number of pyridine rings is 1. The van der Waals surface area contributed by atoms with E-state index in [2.05, 4.69) is 42.0 Å². The maximum Gasteiger partial charge on any atom is 0.229 e. The van der Waals surface area contributed by atoms with E-state index in [0.29, 0.717) is 22.7 Å². The molecule has 0 spiro atoms. The van der Waals surface area contributed by atoms with Gasteiger partial charge < -0.3 is 14.8 Å². The smallest absolute Gasteiger partial charge is 0.229 e. The molecular formula is C30H42F2N8O2S. The highest BCUT2D eigenvalue weighted by atomic mass is 32.2. The summed E-state index contributed by atoms with van der Waals surface area (Å²) in [7, 11) is -2.67. The van der Waals surface area contributed by atoms with E-state index in [1.807, 2.05) is 43.7 Å². The van der Waals surface area contributed by atoms with Gasteiger partial charge in [0.2, 0.25) is 5.95 Å². The molecular weight excluding hydrogens is 574 g/mol. The molecule has 4 heterocycles. The van der Waals surface area contributed by atoms with E-state index in [1.54, 1.807) is 6.07 Å². The SMILES string of the molecule is C.CCN1CCN(Cc2ccc(Nc3ncc(F)c(-c4cc(F)c5nc(C)n(C(C)C)c5c4)n3)nc2)CC1.CS(C)(=O)=O. The predicted molar refractivity (Wildman–Crippen MR) is 168 cm³/mol. The molecule has 1 aromatic carbocycles. The summed E-state index contributed by atoms with van der Waals surface area (Å²) in [4.78, 5) is 22.1. The molecule has 1 aliphatic rings. The van der Waals surface area contributed by atoms with Crippen LogP contribution in [0, 0.1) is 18.6 Å². The van der Waals surface area contributed by atoms with E-state index < -0.39 is 21.5 Å². The van der Waals surface area contributed by atoms with Gasteiger partial charge in [-0.1, -0.05) is 20.4 Å². The second-order valence-corrected chi connectivity index (χ2v) is 13.2. The molecule has 1 aliphatic heterocycles. The Morgan fingerprint density at radius 3 is 2.19 bits per heavy atom. The third-order valence-corrected chi connectivity index (χ3v) is 6.84. The van der Waals surface area contributed by atoms with Crippen molar-refractivity contribution in [2.75, 3.05) is 50.6 Å². The van der Waals surface area contributed by atoms with Crippen molar-refractivity contribution in [3.8, 4) is 11.3 Å². The van der Waals surface area contributed by atoms with Gasteiger partial charge in [-0.15, -0.1) is 0 Å². The topological polar surface area (TPSA) is 109 Å². The van der Waals surface area contributed by atoms with Gasteiger partial charge in [-0.25, -0.2) is 37.1 Å². The molecule has 10 nitrogen and oxygen atoms in total.